The van der Waals surface area contributed by atoms with Crippen LogP contribution >= 0.6 is 11.3 Å². The van der Waals surface area contributed by atoms with Gasteiger partial charge in [0.05, 0.1) is 16.9 Å². The zero-order valence-corrected chi connectivity index (χ0v) is 14.5. The Morgan fingerprint density at radius 3 is 2.59 bits per heavy atom. The lowest BCUT2D eigenvalue weighted by atomic mass is 10.1. The number of H-pyrrole nitrogens is 1. The van der Waals surface area contributed by atoms with Crippen molar-refractivity contribution in [1.29, 1.82) is 0 Å². The molecule has 2 heterocycles. The first-order chi connectivity index (χ1) is 10.6. The monoisotopic (exact) mass is 314 g/mol. The maximum atomic E-state index is 12.2. The third kappa shape index (κ3) is 3.12. The highest BCUT2D eigenvalue weighted by Gasteiger charge is 2.10. The maximum Gasteiger partial charge on any atom is 0.190 e. The molecule has 0 atom stereocenters. The van der Waals surface area contributed by atoms with Gasteiger partial charge in [0.2, 0.25) is 0 Å². The van der Waals surface area contributed by atoms with E-state index in [-0.39, 0.29) is 5.43 Å². The minimum Gasteiger partial charge on any atom is -0.352 e. The van der Waals surface area contributed by atoms with Gasteiger partial charge in [0, 0.05) is 16.8 Å². The highest BCUT2D eigenvalue weighted by Crippen LogP contribution is 2.26. The zero-order valence-electron chi connectivity index (χ0n) is 13.7. The molecule has 4 heteroatoms. The third-order valence-electron chi connectivity index (χ3n) is 3.42. The summed E-state index contributed by atoms with van der Waals surface area (Å²) in [7, 11) is 0. The van der Waals surface area contributed by atoms with Gasteiger partial charge >= 0.3 is 0 Å². The van der Waals surface area contributed by atoms with Crippen molar-refractivity contribution in [3.05, 3.63) is 51.1 Å². The van der Waals surface area contributed by atoms with Crippen LogP contribution in [0.15, 0.2) is 34.4 Å². The van der Waals surface area contributed by atoms with Crippen LogP contribution in [0.4, 0.5) is 0 Å². The van der Waals surface area contributed by atoms with Gasteiger partial charge in [-0.2, -0.15) is 0 Å². The van der Waals surface area contributed by atoms with E-state index < -0.39 is 0 Å². The molecule has 0 unspecified atom stereocenters. The highest BCUT2D eigenvalue weighted by molar-refractivity contribution is 7.13. The van der Waals surface area contributed by atoms with Crippen LogP contribution in [0, 0.1) is 6.92 Å². The summed E-state index contributed by atoms with van der Waals surface area (Å²) < 4.78 is 0. The molecule has 0 radical (unpaired) electrons. The largest absolute Gasteiger partial charge is 0.352 e. The summed E-state index contributed by atoms with van der Waals surface area (Å²) >= 11 is 1.57. The van der Waals surface area contributed by atoms with Gasteiger partial charge in [-0.1, -0.05) is 39.8 Å². The average molecular weight is 314 g/mol. The Kier molecular flexibility index (Phi) is 5.14. The molecule has 0 saturated carbocycles. The van der Waals surface area contributed by atoms with Crippen LogP contribution in [0.5, 0.6) is 0 Å². The van der Waals surface area contributed by atoms with E-state index in [1.54, 1.807) is 17.4 Å². The molecule has 116 valence electrons. The van der Waals surface area contributed by atoms with Gasteiger partial charge in [-0.05, 0) is 24.5 Å². The molecule has 2 aromatic heterocycles. The number of aryl methyl sites for hydroxylation is 1. The average Bonchev–Trinajstić information content (AvgIpc) is 3.00. The molecule has 3 rings (SSSR count). The number of benzene rings is 1. The summed E-state index contributed by atoms with van der Waals surface area (Å²) in [6.07, 6.45) is 0. The highest BCUT2D eigenvalue weighted by atomic mass is 32.1. The summed E-state index contributed by atoms with van der Waals surface area (Å²) in [6, 6.07) is 7.41. The molecule has 1 aromatic carbocycles. The lowest BCUT2D eigenvalue weighted by Crippen LogP contribution is -2.03. The topological polar surface area (TPSA) is 45.8 Å². The van der Waals surface area contributed by atoms with Crippen LogP contribution in [-0.2, 0) is 0 Å². The van der Waals surface area contributed by atoms with Gasteiger partial charge < -0.3 is 4.98 Å². The van der Waals surface area contributed by atoms with E-state index in [2.05, 4.69) is 29.2 Å². The SMILES string of the molecule is CC.Cc1cccc2c(=O)cc(-c3nc(C(C)C)cs3)[nH]c12. The van der Waals surface area contributed by atoms with Gasteiger partial charge in [0.1, 0.15) is 5.01 Å². The molecule has 0 spiro atoms. The summed E-state index contributed by atoms with van der Waals surface area (Å²) in [5.74, 6) is 0.397. The quantitative estimate of drug-likeness (QED) is 0.714. The smallest absolute Gasteiger partial charge is 0.190 e. The zero-order chi connectivity index (χ0) is 16.3. The fraction of sp³-hybridized carbons (Fsp3) is 0.333. The van der Waals surface area contributed by atoms with E-state index in [1.165, 1.54) is 0 Å². The second-order valence-corrected chi connectivity index (χ2v) is 6.14. The molecular formula is C18H22N2OS. The number of hydrogen-bond acceptors (Lipinski definition) is 3. The molecule has 0 fully saturated rings. The fourth-order valence-corrected chi connectivity index (χ4v) is 3.16. The minimum absolute atomic E-state index is 0.0405. The molecule has 0 aliphatic heterocycles. The van der Waals surface area contributed by atoms with Crippen LogP contribution in [0.3, 0.4) is 0 Å². The van der Waals surface area contributed by atoms with E-state index >= 15 is 0 Å². The van der Waals surface area contributed by atoms with Crippen LogP contribution in [0.1, 0.15) is 44.9 Å². The number of pyridine rings is 1. The Bertz CT molecular complexity index is 830. The van der Waals surface area contributed by atoms with E-state index in [0.29, 0.717) is 5.92 Å². The van der Waals surface area contributed by atoms with E-state index in [0.717, 1.165) is 32.9 Å². The summed E-state index contributed by atoms with van der Waals surface area (Å²) in [5.41, 5.74) is 3.88. The maximum absolute atomic E-state index is 12.2. The Hall–Kier alpha value is -1.94. The van der Waals surface area contributed by atoms with Gasteiger partial charge in [-0.15, -0.1) is 11.3 Å². The number of thiazole rings is 1. The number of hydrogen-bond donors (Lipinski definition) is 1. The van der Waals surface area contributed by atoms with Crippen molar-refractivity contribution >= 4 is 22.2 Å². The Balaban J connectivity index is 0.000000847. The second kappa shape index (κ2) is 6.88. The minimum atomic E-state index is 0.0405. The van der Waals surface area contributed by atoms with Crippen molar-refractivity contribution in [3.8, 4) is 10.7 Å². The van der Waals surface area contributed by atoms with Crippen molar-refractivity contribution in [2.45, 2.75) is 40.5 Å². The molecule has 0 saturated heterocycles. The van der Waals surface area contributed by atoms with Gasteiger partial charge in [0.15, 0.2) is 5.43 Å². The Morgan fingerprint density at radius 2 is 1.95 bits per heavy atom. The van der Waals surface area contributed by atoms with Crippen LogP contribution < -0.4 is 5.43 Å². The third-order valence-corrected chi connectivity index (χ3v) is 4.31. The second-order valence-electron chi connectivity index (χ2n) is 5.28. The van der Waals surface area contributed by atoms with Crippen LogP contribution in [0.25, 0.3) is 21.6 Å². The molecule has 0 aliphatic rings. The molecule has 1 N–H and O–H groups in total. The number of aromatic nitrogens is 2. The molecule has 3 aromatic rings. The predicted molar refractivity (Wildman–Crippen MR) is 95.9 cm³/mol. The van der Waals surface area contributed by atoms with Gasteiger partial charge in [0.25, 0.3) is 0 Å². The standard InChI is InChI=1S/C16H16N2OS.C2H6/c1-9(2)13-8-20-16(18-13)12-7-14(19)11-6-4-5-10(3)15(11)17-12;1-2/h4-9H,1-3H3,(H,17,19);1-2H3. The van der Waals surface area contributed by atoms with Crippen molar-refractivity contribution in [2.75, 3.05) is 0 Å². The van der Waals surface area contributed by atoms with E-state index in [9.17, 15) is 4.79 Å². The Labute approximate surface area is 135 Å². The van der Waals surface area contributed by atoms with Crippen LogP contribution in [0.2, 0.25) is 0 Å². The summed E-state index contributed by atoms with van der Waals surface area (Å²) in [6.45, 7) is 10.2. The number of fused-ring (bicyclic) bond motifs is 1. The number of rotatable bonds is 2. The van der Waals surface area contributed by atoms with Crippen molar-refractivity contribution in [2.24, 2.45) is 0 Å². The number of nitrogens with one attached hydrogen (secondary N) is 1. The molecule has 3 nitrogen and oxygen atoms in total. The number of aromatic amines is 1. The van der Waals surface area contributed by atoms with Crippen molar-refractivity contribution in [3.63, 3.8) is 0 Å². The van der Waals surface area contributed by atoms with E-state index in [1.807, 2.05) is 39.0 Å². The lowest BCUT2D eigenvalue weighted by Gasteiger charge is -2.04. The molecule has 0 bridgehead atoms. The first-order valence-corrected chi connectivity index (χ1v) is 8.52. The molecule has 0 aliphatic carbocycles. The van der Waals surface area contributed by atoms with Crippen molar-refractivity contribution < 1.29 is 0 Å². The summed E-state index contributed by atoms with van der Waals surface area (Å²) in [4.78, 5) is 20.2. The summed E-state index contributed by atoms with van der Waals surface area (Å²) in [5, 5.41) is 3.66. The Morgan fingerprint density at radius 1 is 1.23 bits per heavy atom. The molecule has 22 heavy (non-hydrogen) atoms. The lowest BCUT2D eigenvalue weighted by molar-refractivity contribution is 0.834. The normalized spacial score (nSPS) is 10.6. The molecular weight excluding hydrogens is 292 g/mol. The number of nitrogens with zero attached hydrogens (tertiary/aromatic N) is 1. The predicted octanol–water partition coefficient (Wildman–Crippen LogP) is 5.11. The van der Waals surface area contributed by atoms with Gasteiger partial charge in [-0.3, -0.25) is 4.79 Å². The fourth-order valence-electron chi connectivity index (χ4n) is 2.21. The number of para-hydroxylation sites is 1. The molecule has 0 amide bonds. The van der Waals surface area contributed by atoms with Gasteiger partial charge in [-0.25, -0.2) is 4.98 Å². The first kappa shape index (κ1) is 16.4. The van der Waals surface area contributed by atoms with E-state index in [4.69, 9.17) is 0 Å². The first-order valence-electron chi connectivity index (χ1n) is 7.64. The van der Waals surface area contributed by atoms with Crippen molar-refractivity contribution in [1.82, 2.24) is 9.97 Å². The van der Waals surface area contributed by atoms with Crippen LogP contribution in [-0.4, -0.2) is 9.97 Å².